The van der Waals surface area contributed by atoms with Gasteiger partial charge in [0.1, 0.15) is 29.6 Å². The molecule has 0 aromatic heterocycles. The number of carbonyl (C=O) groups is 1. The van der Waals surface area contributed by atoms with Crippen LogP contribution in [0.1, 0.15) is 36.8 Å². The maximum absolute atomic E-state index is 11.8. The molecule has 1 aliphatic carbocycles. The van der Waals surface area contributed by atoms with Gasteiger partial charge in [0.2, 0.25) is 0 Å². The molecule has 164 valence electrons. The van der Waals surface area contributed by atoms with E-state index in [9.17, 15) is 9.90 Å². The highest BCUT2D eigenvalue weighted by molar-refractivity contribution is 5.96. The van der Waals surface area contributed by atoms with Gasteiger partial charge in [-0.25, -0.2) is 4.79 Å². The van der Waals surface area contributed by atoms with Crippen molar-refractivity contribution >= 4 is 11.7 Å². The Hall–Kier alpha value is -2.99. The van der Waals surface area contributed by atoms with E-state index in [1.54, 1.807) is 7.11 Å². The fourth-order valence-corrected chi connectivity index (χ4v) is 4.18. The van der Waals surface area contributed by atoms with E-state index < -0.39 is 5.97 Å². The Morgan fingerprint density at radius 1 is 0.968 bits per heavy atom. The highest BCUT2D eigenvalue weighted by Crippen LogP contribution is 2.35. The van der Waals surface area contributed by atoms with E-state index in [4.69, 9.17) is 14.2 Å². The normalized spacial score (nSPS) is 16.5. The average Bonchev–Trinajstić information content (AvgIpc) is 2.80. The highest BCUT2D eigenvalue weighted by Gasteiger charge is 2.26. The van der Waals surface area contributed by atoms with Gasteiger partial charge in [0.15, 0.2) is 0 Å². The molecule has 1 fully saturated rings. The van der Waals surface area contributed by atoms with Gasteiger partial charge >= 0.3 is 5.97 Å². The zero-order chi connectivity index (χ0) is 21.6. The van der Waals surface area contributed by atoms with Crippen LogP contribution in [0.15, 0.2) is 48.0 Å². The lowest BCUT2D eigenvalue weighted by Crippen LogP contribution is -2.33. The summed E-state index contributed by atoms with van der Waals surface area (Å²) >= 11 is 0. The van der Waals surface area contributed by atoms with Gasteiger partial charge < -0.3 is 19.3 Å². The van der Waals surface area contributed by atoms with Crippen molar-refractivity contribution in [2.24, 2.45) is 0 Å². The molecule has 31 heavy (non-hydrogen) atoms. The number of methoxy groups -OCH3 is 1. The van der Waals surface area contributed by atoms with Gasteiger partial charge in [0.05, 0.1) is 12.7 Å². The largest absolute Gasteiger partial charge is 0.497 e. The summed E-state index contributed by atoms with van der Waals surface area (Å²) in [5.41, 5.74) is 2.11. The van der Waals surface area contributed by atoms with Crippen molar-refractivity contribution in [3.8, 4) is 17.2 Å². The number of fused-ring (bicyclic) bond motifs is 1. The van der Waals surface area contributed by atoms with Crippen molar-refractivity contribution < 1.29 is 24.1 Å². The maximum Gasteiger partial charge on any atom is 0.335 e. The van der Waals surface area contributed by atoms with Crippen molar-refractivity contribution in [1.29, 1.82) is 0 Å². The number of likely N-dealkylation sites (tertiary alicyclic amines) is 1. The number of benzene rings is 2. The first-order valence-corrected chi connectivity index (χ1v) is 10.9. The first kappa shape index (κ1) is 21.2. The number of nitrogens with zero attached hydrogens (tertiary/aromatic N) is 1. The van der Waals surface area contributed by atoms with E-state index in [1.807, 2.05) is 42.5 Å². The smallest absolute Gasteiger partial charge is 0.335 e. The zero-order valence-corrected chi connectivity index (χ0v) is 17.9. The Morgan fingerprint density at radius 3 is 2.39 bits per heavy atom. The van der Waals surface area contributed by atoms with Crippen LogP contribution in [-0.2, 0) is 11.2 Å². The molecule has 1 saturated heterocycles. The van der Waals surface area contributed by atoms with E-state index in [-0.39, 0.29) is 0 Å². The summed E-state index contributed by atoms with van der Waals surface area (Å²) in [6.45, 7) is 3.91. The van der Waals surface area contributed by atoms with Gasteiger partial charge in [-0.2, -0.15) is 0 Å². The number of rotatable bonds is 8. The monoisotopic (exact) mass is 423 g/mol. The average molecular weight is 424 g/mol. The molecule has 6 nitrogen and oxygen atoms in total. The quantitative estimate of drug-likeness (QED) is 0.680. The summed E-state index contributed by atoms with van der Waals surface area (Å²) in [5, 5.41) is 9.68. The lowest BCUT2D eigenvalue weighted by atomic mass is 9.90. The van der Waals surface area contributed by atoms with Crippen LogP contribution in [0.5, 0.6) is 17.2 Å². The van der Waals surface area contributed by atoms with Crippen LogP contribution in [0.25, 0.3) is 5.76 Å². The number of piperidine rings is 1. The third-order valence-electron chi connectivity index (χ3n) is 5.90. The summed E-state index contributed by atoms with van der Waals surface area (Å²) in [7, 11) is 1.62. The molecule has 1 heterocycles. The Bertz CT molecular complexity index is 945. The number of carboxylic acid groups (broad SMARTS) is 1. The second-order valence-corrected chi connectivity index (χ2v) is 7.96. The van der Waals surface area contributed by atoms with Crippen molar-refractivity contribution in [1.82, 2.24) is 4.90 Å². The van der Waals surface area contributed by atoms with Crippen LogP contribution in [-0.4, -0.2) is 49.3 Å². The standard InChI is InChI=1S/C25H29NO5/c1-29-21-10-12-22-18(17-21)5-11-23(25(27)28)24(22)31-20-8-6-19(7-9-20)30-16-15-26-13-3-2-4-14-26/h6-10,12,17H,2-5,11,13-16H2,1H3,(H,27,28). The van der Waals surface area contributed by atoms with Gasteiger partial charge in [0, 0.05) is 12.1 Å². The Balaban J connectivity index is 1.44. The van der Waals surface area contributed by atoms with Crippen LogP contribution < -0.4 is 14.2 Å². The van der Waals surface area contributed by atoms with E-state index in [2.05, 4.69) is 4.90 Å². The zero-order valence-electron chi connectivity index (χ0n) is 17.9. The molecule has 2 aromatic rings. The molecule has 0 saturated carbocycles. The molecule has 0 radical (unpaired) electrons. The third kappa shape index (κ3) is 5.20. The molecule has 4 rings (SSSR count). The van der Waals surface area contributed by atoms with Crippen LogP contribution in [0, 0.1) is 0 Å². The maximum atomic E-state index is 11.8. The van der Waals surface area contributed by atoms with E-state index in [0.29, 0.717) is 36.5 Å². The SMILES string of the molecule is COc1ccc2c(c1)CCC(C(=O)O)=C2Oc1ccc(OCCN2CCCCC2)cc1. The van der Waals surface area contributed by atoms with Gasteiger partial charge in [-0.05, 0) is 86.8 Å². The minimum Gasteiger partial charge on any atom is -0.497 e. The third-order valence-corrected chi connectivity index (χ3v) is 5.90. The fourth-order valence-electron chi connectivity index (χ4n) is 4.18. The Labute approximate surface area is 183 Å². The molecular formula is C25H29NO5. The lowest BCUT2D eigenvalue weighted by molar-refractivity contribution is -0.132. The molecule has 0 amide bonds. The number of hydrogen-bond acceptors (Lipinski definition) is 5. The van der Waals surface area contributed by atoms with Crippen LogP contribution in [0.2, 0.25) is 0 Å². The van der Waals surface area contributed by atoms with E-state index >= 15 is 0 Å². The van der Waals surface area contributed by atoms with Crippen molar-refractivity contribution in [2.75, 3.05) is 33.4 Å². The second kappa shape index (κ2) is 9.88. The summed E-state index contributed by atoms with van der Waals surface area (Å²) in [4.78, 5) is 14.2. The van der Waals surface area contributed by atoms with Gasteiger partial charge in [-0.15, -0.1) is 0 Å². The molecule has 0 bridgehead atoms. The summed E-state index contributed by atoms with van der Waals surface area (Å²) in [6, 6.07) is 13.0. The van der Waals surface area contributed by atoms with E-state index in [0.717, 1.165) is 42.3 Å². The first-order chi connectivity index (χ1) is 15.1. The molecule has 1 N–H and O–H groups in total. The van der Waals surface area contributed by atoms with Gasteiger partial charge in [-0.3, -0.25) is 4.90 Å². The molecule has 0 atom stereocenters. The number of hydrogen-bond donors (Lipinski definition) is 1. The summed E-state index contributed by atoms with van der Waals surface area (Å²) in [5.74, 6) is 1.57. The molecule has 2 aromatic carbocycles. The molecule has 0 spiro atoms. The Kier molecular flexibility index (Phi) is 6.77. The topological polar surface area (TPSA) is 68.2 Å². The fraction of sp³-hybridized carbons (Fsp3) is 0.400. The first-order valence-electron chi connectivity index (χ1n) is 10.9. The minimum atomic E-state index is -0.950. The van der Waals surface area contributed by atoms with Crippen LogP contribution >= 0.6 is 0 Å². The lowest BCUT2D eigenvalue weighted by Gasteiger charge is -2.26. The van der Waals surface area contributed by atoms with Crippen LogP contribution in [0.4, 0.5) is 0 Å². The van der Waals surface area contributed by atoms with Crippen molar-refractivity contribution in [3.05, 3.63) is 59.2 Å². The number of carboxylic acids is 1. The van der Waals surface area contributed by atoms with Gasteiger partial charge in [-0.1, -0.05) is 6.42 Å². The highest BCUT2D eigenvalue weighted by atomic mass is 16.5. The predicted molar refractivity (Wildman–Crippen MR) is 119 cm³/mol. The molecule has 2 aliphatic rings. The van der Waals surface area contributed by atoms with Crippen LogP contribution in [0.3, 0.4) is 0 Å². The summed E-state index contributed by atoms with van der Waals surface area (Å²) < 4.78 is 17.3. The molecular weight excluding hydrogens is 394 g/mol. The number of ether oxygens (including phenoxy) is 3. The van der Waals surface area contributed by atoms with Crippen molar-refractivity contribution in [2.45, 2.75) is 32.1 Å². The van der Waals surface area contributed by atoms with Gasteiger partial charge in [0.25, 0.3) is 0 Å². The Morgan fingerprint density at radius 2 is 1.68 bits per heavy atom. The predicted octanol–water partition coefficient (Wildman–Crippen LogP) is 4.38. The second-order valence-electron chi connectivity index (χ2n) is 7.96. The number of aryl methyl sites for hydroxylation is 1. The minimum absolute atomic E-state index is 0.291. The molecule has 1 aliphatic heterocycles. The van der Waals surface area contributed by atoms with Crippen molar-refractivity contribution in [3.63, 3.8) is 0 Å². The molecule has 6 heteroatoms. The molecule has 0 unspecified atom stereocenters. The summed E-state index contributed by atoms with van der Waals surface area (Å²) in [6.07, 6.45) is 4.94. The van der Waals surface area contributed by atoms with E-state index in [1.165, 1.54) is 19.3 Å². The number of aliphatic carboxylic acids is 1.